The molecule has 136 valence electrons. The number of aryl methyl sites for hydroxylation is 1. The van der Waals surface area contributed by atoms with Gasteiger partial charge in [0.2, 0.25) is 0 Å². The molecule has 0 aliphatic carbocycles. The highest BCUT2D eigenvalue weighted by molar-refractivity contribution is 6.36. The van der Waals surface area contributed by atoms with E-state index in [9.17, 15) is 14.7 Å². The number of allylic oxidation sites excluding steroid dienone is 1. The summed E-state index contributed by atoms with van der Waals surface area (Å²) in [5, 5.41) is 9.96. The first-order valence-corrected chi connectivity index (χ1v) is 8.29. The Labute approximate surface area is 156 Å². The Balaban J connectivity index is 2.10. The quantitative estimate of drug-likeness (QED) is 0.515. The van der Waals surface area contributed by atoms with Crippen LogP contribution in [0.4, 0.5) is 0 Å². The average molecular weight is 362 g/mol. The number of carbonyl (C=O) groups is 2. The zero-order chi connectivity index (χ0) is 19.6. The summed E-state index contributed by atoms with van der Waals surface area (Å²) in [6, 6.07) is 14.1. The Kier molecular flexibility index (Phi) is 4.98. The smallest absolute Gasteiger partial charge is 0.343 e. The summed E-state index contributed by atoms with van der Waals surface area (Å²) in [7, 11) is 1.22. The highest BCUT2D eigenvalue weighted by atomic mass is 16.5. The lowest BCUT2D eigenvalue weighted by Crippen LogP contribution is -2.16. The van der Waals surface area contributed by atoms with E-state index in [-0.39, 0.29) is 22.9 Å². The third kappa shape index (κ3) is 3.55. The molecule has 2 aromatic rings. The number of esters is 1. The zero-order valence-corrected chi connectivity index (χ0v) is 15.2. The molecule has 6 heteroatoms. The second kappa shape index (κ2) is 7.37. The molecule has 1 amide bonds. The number of hydrogen-bond acceptors (Lipinski definition) is 4. The molecule has 0 fully saturated rings. The zero-order valence-electron chi connectivity index (χ0n) is 15.2. The molecule has 27 heavy (non-hydrogen) atoms. The van der Waals surface area contributed by atoms with Gasteiger partial charge in [-0.2, -0.15) is 4.99 Å². The number of methoxy groups -OCH3 is 1. The summed E-state index contributed by atoms with van der Waals surface area (Å²) in [6.07, 6.45) is 0. The average Bonchev–Trinajstić information content (AvgIpc) is 3.00. The SMILES string of the molecule is COC(=O)C(C1=NC(=NC(=O)c2ccc(C)cc2)c2ccccc21)=C(C)O. The van der Waals surface area contributed by atoms with E-state index in [4.69, 9.17) is 4.74 Å². The lowest BCUT2D eigenvalue weighted by molar-refractivity contribution is -0.135. The summed E-state index contributed by atoms with van der Waals surface area (Å²) in [6.45, 7) is 3.31. The van der Waals surface area contributed by atoms with Crippen LogP contribution in [0.15, 0.2) is 69.8 Å². The maximum absolute atomic E-state index is 12.5. The van der Waals surface area contributed by atoms with Gasteiger partial charge in [0.05, 0.1) is 12.8 Å². The van der Waals surface area contributed by atoms with Gasteiger partial charge in [-0.1, -0.05) is 42.0 Å². The fourth-order valence-electron chi connectivity index (χ4n) is 2.76. The first-order valence-electron chi connectivity index (χ1n) is 8.29. The molecule has 0 saturated heterocycles. The molecule has 1 aliphatic heterocycles. The molecular weight excluding hydrogens is 344 g/mol. The molecule has 2 aromatic carbocycles. The van der Waals surface area contributed by atoms with Crippen molar-refractivity contribution in [2.24, 2.45) is 9.98 Å². The molecule has 0 spiro atoms. The first kappa shape index (κ1) is 18.3. The largest absolute Gasteiger partial charge is 0.512 e. The molecule has 0 radical (unpaired) electrons. The third-order valence-electron chi connectivity index (χ3n) is 4.13. The standard InChI is InChI=1S/C21H18N2O4/c1-12-8-10-14(11-9-12)20(25)23-19-16-7-5-4-6-15(16)18(22-19)17(13(2)24)21(26)27-3/h4-11,24H,1-3H3. The van der Waals surface area contributed by atoms with Crippen molar-refractivity contribution >= 4 is 23.4 Å². The van der Waals surface area contributed by atoms with E-state index in [2.05, 4.69) is 9.98 Å². The molecule has 0 atom stereocenters. The maximum atomic E-state index is 12.5. The van der Waals surface area contributed by atoms with E-state index in [0.29, 0.717) is 16.7 Å². The number of carbonyl (C=O) groups excluding carboxylic acids is 2. The van der Waals surface area contributed by atoms with Gasteiger partial charge >= 0.3 is 5.97 Å². The van der Waals surface area contributed by atoms with Crippen LogP contribution in [0.5, 0.6) is 0 Å². The van der Waals surface area contributed by atoms with Crippen LogP contribution >= 0.6 is 0 Å². The molecule has 0 aromatic heterocycles. The van der Waals surface area contributed by atoms with Crippen molar-refractivity contribution in [2.75, 3.05) is 7.11 Å². The number of aliphatic hydroxyl groups is 1. The van der Waals surface area contributed by atoms with Crippen molar-refractivity contribution in [3.05, 3.63) is 82.1 Å². The van der Waals surface area contributed by atoms with Gasteiger partial charge in [0.25, 0.3) is 5.91 Å². The highest BCUT2D eigenvalue weighted by Gasteiger charge is 2.30. The lowest BCUT2D eigenvalue weighted by atomic mass is 9.99. The minimum absolute atomic E-state index is 0.0575. The second-order valence-corrected chi connectivity index (χ2v) is 6.06. The van der Waals surface area contributed by atoms with Crippen molar-refractivity contribution < 1.29 is 19.4 Å². The Morgan fingerprint density at radius 3 is 2.26 bits per heavy atom. The number of hydrogen-bond donors (Lipinski definition) is 1. The Hall–Kier alpha value is -3.54. The number of amides is 1. The Bertz CT molecular complexity index is 1010. The molecule has 3 rings (SSSR count). The van der Waals surface area contributed by atoms with Crippen molar-refractivity contribution in [3.8, 4) is 0 Å². The molecule has 0 saturated carbocycles. The Morgan fingerprint density at radius 1 is 1.04 bits per heavy atom. The van der Waals surface area contributed by atoms with Crippen LogP contribution in [0, 0.1) is 6.92 Å². The van der Waals surface area contributed by atoms with Crippen LogP contribution in [-0.4, -0.2) is 35.6 Å². The summed E-state index contributed by atoms with van der Waals surface area (Å²) >= 11 is 0. The van der Waals surface area contributed by atoms with Gasteiger partial charge in [-0.05, 0) is 26.0 Å². The van der Waals surface area contributed by atoms with Crippen LogP contribution < -0.4 is 0 Å². The predicted molar refractivity (Wildman–Crippen MR) is 102 cm³/mol. The topological polar surface area (TPSA) is 88.3 Å². The minimum atomic E-state index is -0.713. The molecule has 1 aliphatic rings. The normalized spacial score (nSPS) is 15.1. The molecule has 0 unspecified atom stereocenters. The molecule has 0 bridgehead atoms. The van der Waals surface area contributed by atoms with Gasteiger partial charge < -0.3 is 9.84 Å². The molecule has 1 heterocycles. The Morgan fingerprint density at radius 2 is 1.67 bits per heavy atom. The number of nitrogens with zero attached hydrogens (tertiary/aromatic N) is 2. The van der Waals surface area contributed by atoms with Crippen molar-refractivity contribution in [1.82, 2.24) is 0 Å². The maximum Gasteiger partial charge on any atom is 0.343 e. The molecule has 6 nitrogen and oxygen atoms in total. The van der Waals surface area contributed by atoms with Crippen LogP contribution in [-0.2, 0) is 9.53 Å². The van der Waals surface area contributed by atoms with E-state index in [0.717, 1.165) is 5.56 Å². The number of aliphatic hydroxyl groups excluding tert-OH is 1. The van der Waals surface area contributed by atoms with Gasteiger partial charge in [0.15, 0.2) is 5.84 Å². The van der Waals surface area contributed by atoms with E-state index in [1.54, 1.807) is 36.4 Å². The van der Waals surface area contributed by atoms with E-state index >= 15 is 0 Å². The summed E-state index contributed by atoms with van der Waals surface area (Å²) in [5.41, 5.74) is 2.86. The van der Waals surface area contributed by atoms with Crippen LogP contribution in [0.3, 0.4) is 0 Å². The minimum Gasteiger partial charge on any atom is -0.512 e. The molecule has 1 N–H and O–H groups in total. The number of fused-ring (bicyclic) bond motifs is 1. The molecular formula is C21H18N2O4. The summed E-state index contributed by atoms with van der Waals surface area (Å²) in [4.78, 5) is 33.1. The van der Waals surface area contributed by atoms with E-state index in [1.807, 2.05) is 19.1 Å². The summed E-state index contributed by atoms with van der Waals surface area (Å²) < 4.78 is 4.75. The fraction of sp³-hybridized carbons (Fsp3) is 0.143. The number of aliphatic imine (C=N–C) groups is 2. The van der Waals surface area contributed by atoms with Gasteiger partial charge in [-0.15, -0.1) is 0 Å². The fourth-order valence-corrected chi connectivity index (χ4v) is 2.76. The van der Waals surface area contributed by atoms with Crippen molar-refractivity contribution in [1.29, 1.82) is 0 Å². The number of rotatable bonds is 3. The second-order valence-electron chi connectivity index (χ2n) is 6.06. The van der Waals surface area contributed by atoms with Gasteiger partial charge in [-0.3, -0.25) is 4.79 Å². The van der Waals surface area contributed by atoms with Crippen LogP contribution in [0.25, 0.3) is 0 Å². The van der Waals surface area contributed by atoms with Crippen LogP contribution in [0.1, 0.15) is 34.0 Å². The van der Waals surface area contributed by atoms with Gasteiger partial charge in [0, 0.05) is 16.7 Å². The van der Waals surface area contributed by atoms with E-state index in [1.165, 1.54) is 14.0 Å². The third-order valence-corrected chi connectivity index (χ3v) is 4.13. The van der Waals surface area contributed by atoms with Crippen LogP contribution in [0.2, 0.25) is 0 Å². The number of amidine groups is 1. The van der Waals surface area contributed by atoms with Crippen molar-refractivity contribution in [2.45, 2.75) is 13.8 Å². The number of ether oxygens (including phenoxy) is 1. The monoisotopic (exact) mass is 362 g/mol. The van der Waals surface area contributed by atoms with E-state index < -0.39 is 11.9 Å². The van der Waals surface area contributed by atoms with Gasteiger partial charge in [-0.25, -0.2) is 9.79 Å². The summed E-state index contributed by atoms with van der Waals surface area (Å²) in [5.74, 6) is -1.18. The first-order chi connectivity index (χ1) is 12.9. The lowest BCUT2D eigenvalue weighted by Gasteiger charge is -2.07. The predicted octanol–water partition coefficient (Wildman–Crippen LogP) is 3.39. The number of benzene rings is 2. The van der Waals surface area contributed by atoms with Gasteiger partial charge in [0.1, 0.15) is 11.3 Å². The highest BCUT2D eigenvalue weighted by Crippen LogP contribution is 2.25. The van der Waals surface area contributed by atoms with Crippen molar-refractivity contribution in [3.63, 3.8) is 0 Å².